The molecule has 2 amide bonds. The van der Waals surface area contributed by atoms with E-state index >= 15 is 0 Å². The van der Waals surface area contributed by atoms with Crippen LogP contribution in [-0.4, -0.2) is 105 Å². The SMILES string of the molecule is CC(=O)N1CCN(C(=O)CN(CCCN(C)C)S(C)(=O)=O)CC1. The van der Waals surface area contributed by atoms with Gasteiger partial charge in [-0.2, -0.15) is 4.31 Å². The molecule has 0 aromatic heterocycles. The molecule has 23 heavy (non-hydrogen) atoms. The number of piperazine rings is 1. The average Bonchev–Trinajstić information content (AvgIpc) is 2.44. The number of hydrogen-bond donors (Lipinski definition) is 0. The number of nitrogens with zero attached hydrogens (tertiary/aromatic N) is 4. The van der Waals surface area contributed by atoms with Gasteiger partial charge in [-0.1, -0.05) is 0 Å². The first-order valence-electron chi connectivity index (χ1n) is 7.74. The lowest BCUT2D eigenvalue weighted by Crippen LogP contribution is -2.52. The van der Waals surface area contributed by atoms with Crippen LogP contribution in [-0.2, 0) is 19.6 Å². The van der Waals surface area contributed by atoms with Crippen LogP contribution in [0.2, 0.25) is 0 Å². The van der Waals surface area contributed by atoms with Crippen molar-refractivity contribution in [3.8, 4) is 0 Å². The number of carbonyl (C=O) groups is 2. The standard InChI is InChI=1S/C14H28N4O4S/c1-13(19)16-8-10-17(11-9-16)14(20)12-18(23(4,21)22)7-5-6-15(2)3/h5-12H2,1-4H3. The molecule has 0 saturated carbocycles. The van der Waals surface area contributed by atoms with E-state index < -0.39 is 10.0 Å². The van der Waals surface area contributed by atoms with Crippen LogP contribution >= 0.6 is 0 Å². The summed E-state index contributed by atoms with van der Waals surface area (Å²) in [7, 11) is 0.424. The monoisotopic (exact) mass is 348 g/mol. The van der Waals surface area contributed by atoms with Crippen LogP contribution in [0.3, 0.4) is 0 Å². The summed E-state index contributed by atoms with van der Waals surface area (Å²) >= 11 is 0. The van der Waals surface area contributed by atoms with Crippen molar-refractivity contribution in [1.29, 1.82) is 0 Å². The van der Waals surface area contributed by atoms with Crippen molar-refractivity contribution < 1.29 is 18.0 Å². The molecule has 0 bridgehead atoms. The van der Waals surface area contributed by atoms with Crippen molar-refractivity contribution in [2.45, 2.75) is 13.3 Å². The van der Waals surface area contributed by atoms with Crippen molar-refractivity contribution >= 4 is 21.8 Å². The molecule has 1 aliphatic rings. The van der Waals surface area contributed by atoms with E-state index in [9.17, 15) is 18.0 Å². The lowest BCUT2D eigenvalue weighted by molar-refractivity contribution is -0.138. The highest BCUT2D eigenvalue weighted by Gasteiger charge is 2.26. The first-order valence-corrected chi connectivity index (χ1v) is 9.59. The maximum absolute atomic E-state index is 12.3. The molecule has 1 fully saturated rings. The fourth-order valence-electron chi connectivity index (χ4n) is 2.45. The lowest BCUT2D eigenvalue weighted by Gasteiger charge is -2.35. The van der Waals surface area contributed by atoms with Crippen LogP contribution in [0.1, 0.15) is 13.3 Å². The molecule has 1 saturated heterocycles. The molecule has 134 valence electrons. The molecular weight excluding hydrogens is 320 g/mol. The third-order valence-electron chi connectivity index (χ3n) is 3.87. The van der Waals surface area contributed by atoms with Gasteiger partial charge in [-0.15, -0.1) is 0 Å². The minimum atomic E-state index is -3.42. The predicted molar refractivity (Wildman–Crippen MR) is 88.4 cm³/mol. The topological polar surface area (TPSA) is 81.2 Å². The summed E-state index contributed by atoms with van der Waals surface area (Å²) in [6.45, 7) is 4.37. The Bertz CT molecular complexity index is 513. The summed E-state index contributed by atoms with van der Waals surface area (Å²) in [5, 5.41) is 0. The molecule has 8 nitrogen and oxygen atoms in total. The van der Waals surface area contributed by atoms with E-state index in [1.807, 2.05) is 19.0 Å². The van der Waals surface area contributed by atoms with E-state index in [1.54, 1.807) is 9.80 Å². The molecule has 1 rings (SSSR count). The molecule has 0 unspecified atom stereocenters. The molecule has 1 aliphatic heterocycles. The van der Waals surface area contributed by atoms with Crippen LogP contribution in [0.15, 0.2) is 0 Å². The van der Waals surface area contributed by atoms with E-state index in [0.717, 1.165) is 12.8 Å². The van der Waals surface area contributed by atoms with Crippen molar-refractivity contribution in [1.82, 2.24) is 19.0 Å². The highest BCUT2D eigenvalue weighted by atomic mass is 32.2. The Morgan fingerprint density at radius 1 is 1.00 bits per heavy atom. The number of carbonyl (C=O) groups excluding carboxylic acids is 2. The Balaban J connectivity index is 2.55. The second-order valence-electron chi connectivity index (χ2n) is 6.14. The van der Waals surface area contributed by atoms with Gasteiger partial charge in [0.2, 0.25) is 21.8 Å². The predicted octanol–water partition coefficient (Wildman–Crippen LogP) is -1.11. The summed E-state index contributed by atoms with van der Waals surface area (Å²) < 4.78 is 24.9. The van der Waals surface area contributed by atoms with Gasteiger partial charge in [0.15, 0.2) is 0 Å². The second kappa shape index (κ2) is 8.60. The Hall–Kier alpha value is -1.19. The lowest BCUT2D eigenvalue weighted by atomic mass is 10.3. The second-order valence-corrected chi connectivity index (χ2v) is 8.12. The molecule has 0 N–H and O–H groups in total. The number of hydrogen-bond acceptors (Lipinski definition) is 5. The Morgan fingerprint density at radius 2 is 1.52 bits per heavy atom. The van der Waals surface area contributed by atoms with Gasteiger partial charge in [0.05, 0.1) is 12.8 Å². The number of rotatable bonds is 7. The molecule has 0 radical (unpaired) electrons. The third-order valence-corrected chi connectivity index (χ3v) is 5.12. The van der Waals surface area contributed by atoms with Crippen molar-refractivity contribution in [2.24, 2.45) is 0 Å². The highest BCUT2D eigenvalue weighted by molar-refractivity contribution is 7.88. The Kier molecular flexibility index (Phi) is 7.43. The van der Waals surface area contributed by atoms with Crippen LogP contribution < -0.4 is 0 Å². The number of sulfonamides is 1. The van der Waals surface area contributed by atoms with Gasteiger partial charge in [-0.05, 0) is 27.1 Å². The largest absolute Gasteiger partial charge is 0.339 e. The van der Waals surface area contributed by atoms with Crippen molar-refractivity contribution in [2.75, 3.05) is 66.2 Å². The average molecular weight is 348 g/mol. The molecule has 0 aromatic rings. The normalized spacial score (nSPS) is 16.3. The maximum Gasteiger partial charge on any atom is 0.238 e. The van der Waals surface area contributed by atoms with Gasteiger partial charge in [-0.25, -0.2) is 8.42 Å². The van der Waals surface area contributed by atoms with Crippen LogP contribution in [0.5, 0.6) is 0 Å². The quantitative estimate of drug-likeness (QED) is 0.583. The molecule has 0 aromatic carbocycles. The Morgan fingerprint density at radius 3 is 1.96 bits per heavy atom. The number of amides is 2. The third kappa shape index (κ3) is 6.84. The van der Waals surface area contributed by atoms with E-state index in [0.29, 0.717) is 39.1 Å². The minimum Gasteiger partial charge on any atom is -0.339 e. The van der Waals surface area contributed by atoms with Crippen LogP contribution in [0.4, 0.5) is 0 Å². The van der Waals surface area contributed by atoms with E-state index in [2.05, 4.69) is 0 Å². The van der Waals surface area contributed by atoms with Crippen molar-refractivity contribution in [3.63, 3.8) is 0 Å². The summed E-state index contributed by atoms with van der Waals surface area (Å²) in [5.74, 6) is -0.206. The van der Waals surface area contributed by atoms with Crippen LogP contribution in [0, 0.1) is 0 Å². The van der Waals surface area contributed by atoms with E-state index in [-0.39, 0.29) is 18.4 Å². The maximum atomic E-state index is 12.3. The smallest absolute Gasteiger partial charge is 0.238 e. The molecule has 1 heterocycles. The fourth-order valence-corrected chi connectivity index (χ4v) is 3.25. The highest BCUT2D eigenvalue weighted by Crippen LogP contribution is 2.06. The molecule has 0 atom stereocenters. The minimum absolute atomic E-state index is 0.00135. The fraction of sp³-hybridized carbons (Fsp3) is 0.857. The summed E-state index contributed by atoms with van der Waals surface area (Å²) in [5.41, 5.74) is 0. The summed E-state index contributed by atoms with van der Waals surface area (Å²) in [6.07, 6.45) is 1.80. The van der Waals surface area contributed by atoms with Gasteiger partial charge < -0.3 is 14.7 Å². The van der Waals surface area contributed by atoms with Gasteiger partial charge in [-0.3, -0.25) is 9.59 Å². The molecule has 9 heteroatoms. The van der Waals surface area contributed by atoms with Gasteiger partial charge in [0.1, 0.15) is 0 Å². The Labute approximate surface area is 139 Å². The first kappa shape index (κ1) is 19.9. The summed E-state index contributed by atoms with van der Waals surface area (Å²) in [4.78, 5) is 28.9. The zero-order chi connectivity index (χ0) is 17.6. The molecule has 0 aliphatic carbocycles. The zero-order valence-corrected chi connectivity index (χ0v) is 15.3. The molecule has 0 spiro atoms. The van der Waals surface area contributed by atoms with Gasteiger partial charge >= 0.3 is 0 Å². The first-order chi connectivity index (χ1) is 10.6. The van der Waals surface area contributed by atoms with Gasteiger partial charge in [0, 0.05) is 39.6 Å². The van der Waals surface area contributed by atoms with Crippen molar-refractivity contribution in [3.05, 3.63) is 0 Å². The van der Waals surface area contributed by atoms with E-state index in [1.165, 1.54) is 11.2 Å². The van der Waals surface area contributed by atoms with E-state index in [4.69, 9.17) is 0 Å². The summed E-state index contributed by atoms with van der Waals surface area (Å²) in [6, 6.07) is 0. The van der Waals surface area contributed by atoms with Crippen LogP contribution in [0.25, 0.3) is 0 Å². The zero-order valence-electron chi connectivity index (χ0n) is 14.5. The van der Waals surface area contributed by atoms with Gasteiger partial charge in [0.25, 0.3) is 0 Å². The molecular formula is C14H28N4O4S.